The lowest BCUT2D eigenvalue weighted by Gasteiger charge is -2.24. The van der Waals surface area contributed by atoms with Crippen molar-refractivity contribution in [3.63, 3.8) is 0 Å². The van der Waals surface area contributed by atoms with E-state index >= 15 is 0 Å². The maximum atomic E-state index is 13.7. The molecule has 0 radical (unpaired) electrons. The number of anilines is 1. The molecule has 0 aliphatic heterocycles. The van der Waals surface area contributed by atoms with Crippen LogP contribution in [0.4, 0.5) is 10.1 Å². The van der Waals surface area contributed by atoms with Crippen LogP contribution in [-0.4, -0.2) is 33.1 Å². The molecular formula is C12H16FNO2. The zero-order chi connectivity index (χ0) is 12.0. The molecule has 0 bridgehead atoms. The molecule has 4 heteroatoms. The van der Waals surface area contributed by atoms with E-state index < -0.39 is 0 Å². The fourth-order valence-electron chi connectivity index (χ4n) is 1.59. The number of carbonyl (C=O) groups is 1. The molecule has 3 nitrogen and oxygen atoms in total. The van der Waals surface area contributed by atoms with Gasteiger partial charge in [-0.25, -0.2) is 4.39 Å². The van der Waals surface area contributed by atoms with Gasteiger partial charge in [-0.2, -0.15) is 0 Å². The highest BCUT2D eigenvalue weighted by Crippen LogP contribution is 2.22. The van der Waals surface area contributed by atoms with Crippen molar-refractivity contribution in [2.45, 2.75) is 6.92 Å². The van der Waals surface area contributed by atoms with Crippen molar-refractivity contribution in [3.8, 4) is 0 Å². The Labute approximate surface area is 94.8 Å². The van der Waals surface area contributed by atoms with Gasteiger partial charge < -0.3 is 9.64 Å². The fraction of sp³-hybridized carbons (Fsp3) is 0.417. The Morgan fingerprint density at radius 1 is 1.50 bits per heavy atom. The quantitative estimate of drug-likeness (QED) is 0.694. The van der Waals surface area contributed by atoms with E-state index in [0.29, 0.717) is 37.2 Å². The van der Waals surface area contributed by atoms with E-state index in [1.807, 2.05) is 6.92 Å². The molecule has 0 aromatic heterocycles. The van der Waals surface area contributed by atoms with Crippen molar-refractivity contribution in [2.24, 2.45) is 0 Å². The summed E-state index contributed by atoms with van der Waals surface area (Å²) < 4.78 is 18.6. The second-order valence-electron chi connectivity index (χ2n) is 3.37. The number of para-hydroxylation sites is 1. The van der Waals surface area contributed by atoms with Gasteiger partial charge in [-0.1, -0.05) is 6.07 Å². The number of halogens is 1. The molecule has 1 aromatic carbocycles. The Morgan fingerprint density at radius 3 is 2.81 bits per heavy atom. The first-order valence-electron chi connectivity index (χ1n) is 5.22. The van der Waals surface area contributed by atoms with Crippen molar-refractivity contribution in [1.29, 1.82) is 0 Å². The van der Waals surface area contributed by atoms with Crippen LogP contribution in [-0.2, 0) is 4.74 Å². The molecule has 0 N–H and O–H groups in total. The van der Waals surface area contributed by atoms with Gasteiger partial charge in [0.05, 0.1) is 12.3 Å². The van der Waals surface area contributed by atoms with E-state index in [2.05, 4.69) is 0 Å². The van der Waals surface area contributed by atoms with Crippen LogP contribution in [0.15, 0.2) is 18.2 Å². The highest BCUT2D eigenvalue weighted by Gasteiger charge is 2.13. The highest BCUT2D eigenvalue weighted by molar-refractivity contribution is 5.84. The Bertz CT molecular complexity index is 355. The number of nitrogens with zero attached hydrogens (tertiary/aromatic N) is 1. The molecule has 0 aliphatic rings. The SMILES string of the molecule is CCN(CCOC)c1c(F)cccc1C=O. The predicted octanol–water partition coefficient (Wildman–Crippen LogP) is 2.11. The predicted molar refractivity (Wildman–Crippen MR) is 61.6 cm³/mol. The third kappa shape index (κ3) is 2.79. The van der Waals surface area contributed by atoms with Crippen molar-refractivity contribution in [1.82, 2.24) is 0 Å². The summed E-state index contributed by atoms with van der Waals surface area (Å²) in [6.07, 6.45) is 0.674. The number of benzene rings is 1. The smallest absolute Gasteiger partial charge is 0.152 e. The summed E-state index contributed by atoms with van der Waals surface area (Å²) >= 11 is 0. The molecular weight excluding hydrogens is 209 g/mol. The molecule has 1 aromatic rings. The summed E-state index contributed by atoms with van der Waals surface area (Å²) in [7, 11) is 1.59. The van der Waals surface area contributed by atoms with Gasteiger partial charge in [0.25, 0.3) is 0 Å². The fourth-order valence-corrected chi connectivity index (χ4v) is 1.59. The Morgan fingerprint density at radius 2 is 2.25 bits per heavy atom. The molecule has 1 rings (SSSR count). The van der Waals surface area contributed by atoms with E-state index in [9.17, 15) is 9.18 Å². The lowest BCUT2D eigenvalue weighted by molar-refractivity contribution is 0.112. The van der Waals surface area contributed by atoms with Gasteiger partial charge in [0.15, 0.2) is 6.29 Å². The lowest BCUT2D eigenvalue weighted by Crippen LogP contribution is -2.28. The van der Waals surface area contributed by atoms with Gasteiger partial charge in [-0.15, -0.1) is 0 Å². The molecule has 0 fully saturated rings. The normalized spacial score (nSPS) is 10.2. The van der Waals surface area contributed by atoms with Crippen LogP contribution >= 0.6 is 0 Å². The van der Waals surface area contributed by atoms with Crippen LogP contribution in [0.2, 0.25) is 0 Å². The number of hydrogen-bond acceptors (Lipinski definition) is 3. The Balaban J connectivity index is 3.02. The molecule has 0 unspecified atom stereocenters. The van der Waals surface area contributed by atoms with Gasteiger partial charge >= 0.3 is 0 Å². The number of rotatable bonds is 6. The van der Waals surface area contributed by atoms with Crippen LogP contribution < -0.4 is 4.90 Å². The zero-order valence-corrected chi connectivity index (χ0v) is 9.57. The first kappa shape index (κ1) is 12.6. The highest BCUT2D eigenvalue weighted by atomic mass is 19.1. The zero-order valence-electron chi connectivity index (χ0n) is 9.57. The first-order valence-corrected chi connectivity index (χ1v) is 5.22. The molecule has 0 aliphatic carbocycles. The molecule has 0 atom stereocenters. The van der Waals surface area contributed by atoms with E-state index in [1.54, 1.807) is 18.1 Å². The van der Waals surface area contributed by atoms with Crippen molar-refractivity contribution in [3.05, 3.63) is 29.6 Å². The summed E-state index contributed by atoms with van der Waals surface area (Å²) in [6.45, 7) is 3.61. The second kappa shape index (κ2) is 6.23. The number of aldehydes is 1. The van der Waals surface area contributed by atoms with Crippen molar-refractivity contribution in [2.75, 3.05) is 31.7 Å². The van der Waals surface area contributed by atoms with Crippen LogP contribution in [0.3, 0.4) is 0 Å². The number of ether oxygens (including phenoxy) is 1. The van der Waals surface area contributed by atoms with Gasteiger partial charge in [-0.3, -0.25) is 4.79 Å². The average molecular weight is 225 g/mol. The molecule has 16 heavy (non-hydrogen) atoms. The van der Waals surface area contributed by atoms with Crippen LogP contribution in [0, 0.1) is 5.82 Å². The van der Waals surface area contributed by atoms with E-state index in [4.69, 9.17) is 4.74 Å². The Hall–Kier alpha value is -1.42. The van der Waals surface area contributed by atoms with Crippen LogP contribution in [0.1, 0.15) is 17.3 Å². The largest absolute Gasteiger partial charge is 0.383 e. The minimum absolute atomic E-state index is 0.358. The molecule has 88 valence electrons. The standard InChI is InChI=1S/C12H16FNO2/c1-3-14(7-8-16-2)12-10(9-15)5-4-6-11(12)13/h4-6,9H,3,7-8H2,1-2H3. The van der Waals surface area contributed by atoms with Gasteiger partial charge in [0, 0.05) is 25.8 Å². The van der Waals surface area contributed by atoms with Gasteiger partial charge in [0.1, 0.15) is 5.82 Å². The number of likely N-dealkylation sites (N-methyl/N-ethyl adjacent to an activating group) is 1. The van der Waals surface area contributed by atoms with Crippen molar-refractivity contribution < 1.29 is 13.9 Å². The molecule has 0 amide bonds. The van der Waals surface area contributed by atoms with Crippen LogP contribution in [0.25, 0.3) is 0 Å². The monoisotopic (exact) mass is 225 g/mol. The van der Waals surface area contributed by atoms with Crippen LogP contribution in [0.5, 0.6) is 0 Å². The summed E-state index contributed by atoms with van der Waals surface area (Å²) in [5.74, 6) is -0.373. The molecule has 0 heterocycles. The second-order valence-corrected chi connectivity index (χ2v) is 3.37. The third-order valence-corrected chi connectivity index (χ3v) is 2.41. The van der Waals surface area contributed by atoms with Gasteiger partial charge in [-0.05, 0) is 19.1 Å². The van der Waals surface area contributed by atoms with Crippen molar-refractivity contribution >= 4 is 12.0 Å². The minimum atomic E-state index is -0.373. The molecule has 0 spiro atoms. The summed E-state index contributed by atoms with van der Waals surface area (Å²) in [4.78, 5) is 12.6. The topological polar surface area (TPSA) is 29.5 Å². The van der Waals surface area contributed by atoms with E-state index in [-0.39, 0.29) is 5.82 Å². The van der Waals surface area contributed by atoms with Gasteiger partial charge in [0.2, 0.25) is 0 Å². The van der Waals surface area contributed by atoms with E-state index in [1.165, 1.54) is 12.1 Å². The number of hydrogen-bond donors (Lipinski definition) is 0. The lowest BCUT2D eigenvalue weighted by atomic mass is 10.1. The number of carbonyl (C=O) groups excluding carboxylic acids is 1. The summed E-state index contributed by atoms with van der Waals surface area (Å²) in [6, 6.07) is 4.51. The first-order chi connectivity index (χ1) is 7.74. The van der Waals surface area contributed by atoms with E-state index in [0.717, 1.165) is 0 Å². The minimum Gasteiger partial charge on any atom is -0.383 e. The summed E-state index contributed by atoms with van der Waals surface area (Å²) in [5, 5.41) is 0. The Kier molecular flexibility index (Phi) is 4.92. The summed E-state index contributed by atoms with van der Waals surface area (Å²) in [5.41, 5.74) is 0.731. The maximum Gasteiger partial charge on any atom is 0.152 e. The number of methoxy groups -OCH3 is 1. The third-order valence-electron chi connectivity index (χ3n) is 2.41. The maximum absolute atomic E-state index is 13.7. The molecule has 0 saturated heterocycles. The average Bonchev–Trinajstić information content (AvgIpc) is 2.31. The molecule has 0 saturated carbocycles.